The van der Waals surface area contributed by atoms with Crippen molar-refractivity contribution in [1.29, 1.82) is 0 Å². The summed E-state index contributed by atoms with van der Waals surface area (Å²) in [6.07, 6.45) is 11.4. The molecule has 1 aliphatic carbocycles. The lowest BCUT2D eigenvalue weighted by atomic mass is 9.95. The Morgan fingerprint density at radius 3 is 2.18 bits per heavy atom. The van der Waals surface area contributed by atoms with E-state index in [1.807, 2.05) is 0 Å². The zero-order valence-corrected chi connectivity index (χ0v) is 8.08. The summed E-state index contributed by atoms with van der Waals surface area (Å²) in [6.45, 7) is 0. The fourth-order valence-corrected chi connectivity index (χ4v) is 2.17. The van der Waals surface area contributed by atoms with Crippen molar-refractivity contribution >= 4 is 11.6 Å². The molecule has 66 valence electrons. The molecular formula is C10H19Cl. The van der Waals surface area contributed by atoms with Crippen molar-refractivity contribution in [1.82, 2.24) is 0 Å². The molecule has 0 aromatic rings. The SMILES string of the molecule is ClCCCC1CCCCCC1. The normalized spacial score (nSPS) is 21.5. The number of hydrogen-bond donors (Lipinski definition) is 0. The number of hydrogen-bond acceptors (Lipinski definition) is 0. The minimum absolute atomic E-state index is 0.858. The maximum Gasteiger partial charge on any atom is 0.0223 e. The Bertz CT molecular complexity index is 82.9. The maximum atomic E-state index is 5.66. The molecule has 1 rings (SSSR count). The minimum Gasteiger partial charge on any atom is -0.127 e. The average molecular weight is 175 g/mol. The van der Waals surface area contributed by atoms with Gasteiger partial charge in [0.1, 0.15) is 0 Å². The second-order valence-electron chi connectivity index (χ2n) is 3.69. The molecule has 0 bridgehead atoms. The van der Waals surface area contributed by atoms with Crippen LogP contribution in [0.3, 0.4) is 0 Å². The van der Waals surface area contributed by atoms with Crippen LogP contribution in [0.4, 0.5) is 0 Å². The predicted molar refractivity (Wildman–Crippen MR) is 51.1 cm³/mol. The topological polar surface area (TPSA) is 0 Å². The van der Waals surface area contributed by atoms with Crippen molar-refractivity contribution in [2.75, 3.05) is 5.88 Å². The van der Waals surface area contributed by atoms with Crippen LogP contribution in [0.5, 0.6) is 0 Å². The molecule has 11 heavy (non-hydrogen) atoms. The van der Waals surface area contributed by atoms with Crippen LogP contribution in [0.2, 0.25) is 0 Å². The Morgan fingerprint density at radius 1 is 1.00 bits per heavy atom. The summed E-state index contributed by atoms with van der Waals surface area (Å²) in [5.41, 5.74) is 0. The van der Waals surface area contributed by atoms with Crippen LogP contribution in [0.15, 0.2) is 0 Å². The van der Waals surface area contributed by atoms with Crippen LogP contribution >= 0.6 is 11.6 Å². The smallest absolute Gasteiger partial charge is 0.0223 e. The van der Waals surface area contributed by atoms with E-state index in [0.717, 1.165) is 11.8 Å². The highest BCUT2D eigenvalue weighted by atomic mass is 35.5. The standard InChI is InChI=1S/C10H19Cl/c11-9-5-8-10-6-3-1-2-4-7-10/h10H,1-9H2. The van der Waals surface area contributed by atoms with Crippen molar-refractivity contribution < 1.29 is 0 Å². The van der Waals surface area contributed by atoms with E-state index in [-0.39, 0.29) is 0 Å². The van der Waals surface area contributed by atoms with Crippen molar-refractivity contribution in [3.05, 3.63) is 0 Å². The van der Waals surface area contributed by atoms with Gasteiger partial charge in [-0.3, -0.25) is 0 Å². The van der Waals surface area contributed by atoms with Crippen LogP contribution < -0.4 is 0 Å². The van der Waals surface area contributed by atoms with Crippen molar-refractivity contribution in [2.24, 2.45) is 5.92 Å². The first-order valence-corrected chi connectivity index (χ1v) is 5.53. The molecule has 1 heteroatoms. The van der Waals surface area contributed by atoms with E-state index in [1.165, 1.54) is 51.4 Å². The molecule has 0 radical (unpaired) electrons. The number of rotatable bonds is 3. The first-order valence-electron chi connectivity index (χ1n) is 4.99. The molecule has 0 aromatic heterocycles. The third-order valence-electron chi connectivity index (χ3n) is 2.72. The largest absolute Gasteiger partial charge is 0.127 e. The maximum absolute atomic E-state index is 5.66. The molecule has 0 atom stereocenters. The summed E-state index contributed by atoms with van der Waals surface area (Å²) in [5.74, 6) is 1.87. The van der Waals surface area contributed by atoms with E-state index < -0.39 is 0 Å². The quantitative estimate of drug-likeness (QED) is 0.449. The van der Waals surface area contributed by atoms with Gasteiger partial charge in [-0.05, 0) is 18.8 Å². The van der Waals surface area contributed by atoms with Gasteiger partial charge in [0.25, 0.3) is 0 Å². The van der Waals surface area contributed by atoms with Crippen LogP contribution in [0, 0.1) is 5.92 Å². The molecule has 1 aliphatic rings. The van der Waals surface area contributed by atoms with Gasteiger partial charge in [0.15, 0.2) is 0 Å². The van der Waals surface area contributed by atoms with Crippen LogP contribution in [-0.4, -0.2) is 5.88 Å². The predicted octanol–water partition coefficient (Wildman–Crippen LogP) is 3.98. The van der Waals surface area contributed by atoms with Gasteiger partial charge in [-0.1, -0.05) is 38.5 Å². The van der Waals surface area contributed by atoms with Gasteiger partial charge in [0.05, 0.1) is 0 Å². The molecule has 1 saturated carbocycles. The van der Waals surface area contributed by atoms with Crippen LogP contribution in [-0.2, 0) is 0 Å². The van der Waals surface area contributed by atoms with E-state index in [9.17, 15) is 0 Å². The highest BCUT2D eigenvalue weighted by Crippen LogP contribution is 2.26. The lowest BCUT2D eigenvalue weighted by Gasteiger charge is -2.11. The Balaban J connectivity index is 2.09. The second-order valence-corrected chi connectivity index (χ2v) is 4.07. The highest BCUT2D eigenvalue weighted by molar-refractivity contribution is 6.17. The summed E-state index contributed by atoms with van der Waals surface area (Å²) in [7, 11) is 0. The van der Waals surface area contributed by atoms with Gasteiger partial charge in [-0.2, -0.15) is 0 Å². The fraction of sp³-hybridized carbons (Fsp3) is 1.00. The average Bonchev–Trinajstić information content (AvgIpc) is 2.28. The molecule has 0 unspecified atom stereocenters. The first-order chi connectivity index (χ1) is 5.43. The van der Waals surface area contributed by atoms with Crippen molar-refractivity contribution in [3.8, 4) is 0 Å². The van der Waals surface area contributed by atoms with E-state index in [4.69, 9.17) is 11.6 Å². The molecule has 0 spiro atoms. The van der Waals surface area contributed by atoms with E-state index in [2.05, 4.69) is 0 Å². The Labute approximate surface area is 75.3 Å². The van der Waals surface area contributed by atoms with Crippen LogP contribution in [0.1, 0.15) is 51.4 Å². The van der Waals surface area contributed by atoms with Crippen molar-refractivity contribution in [2.45, 2.75) is 51.4 Å². The number of alkyl halides is 1. The summed E-state index contributed by atoms with van der Waals surface area (Å²) in [6, 6.07) is 0. The zero-order valence-electron chi connectivity index (χ0n) is 7.32. The molecule has 0 heterocycles. The summed E-state index contributed by atoms with van der Waals surface area (Å²) in [5, 5.41) is 0. The molecule has 0 saturated heterocycles. The van der Waals surface area contributed by atoms with Gasteiger partial charge >= 0.3 is 0 Å². The van der Waals surface area contributed by atoms with E-state index in [1.54, 1.807) is 0 Å². The third kappa shape index (κ3) is 4.00. The zero-order chi connectivity index (χ0) is 7.94. The van der Waals surface area contributed by atoms with E-state index >= 15 is 0 Å². The lowest BCUT2D eigenvalue weighted by molar-refractivity contribution is 0.424. The minimum atomic E-state index is 0.858. The lowest BCUT2D eigenvalue weighted by Crippen LogP contribution is -1.98. The highest BCUT2D eigenvalue weighted by Gasteiger charge is 2.10. The molecule has 0 N–H and O–H groups in total. The van der Waals surface area contributed by atoms with Gasteiger partial charge in [0.2, 0.25) is 0 Å². The monoisotopic (exact) mass is 174 g/mol. The van der Waals surface area contributed by atoms with Gasteiger partial charge in [-0.25, -0.2) is 0 Å². The Hall–Kier alpha value is 0.290. The summed E-state index contributed by atoms with van der Waals surface area (Å²) >= 11 is 5.66. The number of halogens is 1. The van der Waals surface area contributed by atoms with Gasteiger partial charge < -0.3 is 0 Å². The Morgan fingerprint density at radius 2 is 1.64 bits per heavy atom. The van der Waals surface area contributed by atoms with E-state index in [0.29, 0.717) is 0 Å². The molecule has 0 nitrogen and oxygen atoms in total. The molecular weight excluding hydrogens is 156 g/mol. The second kappa shape index (κ2) is 5.88. The van der Waals surface area contributed by atoms with Gasteiger partial charge in [-0.15, -0.1) is 11.6 Å². The van der Waals surface area contributed by atoms with Gasteiger partial charge in [0, 0.05) is 5.88 Å². The molecule has 0 aliphatic heterocycles. The summed E-state index contributed by atoms with van der Waals surface area (Å²) < 4.78 is 0. The van der Waals surface area contributed by atoms with Crippen molar-refractivity contribution in [3.63, 3.8) is 0 Å². The fourth-order valence-electron chi connectivity index (χ4n) is 2.02. The molecule has 1 fully saturated rings. The molecule has 0 aromatic carbocycles. The summed E-state index contributed by atoms with van der Waals surface area (Å²) in [4.78, 5) is 0. The third-order valence-corrected chi connectivity index (χ3v) is 2.99. The Kier molecular flexibility index (Phi) is 5.01. The molecule has 0 amide bonds. The first kappa shape index (κ1) is 9.38. The van der Waals surface area contributed by atoms with Crippen LogP contribution in [0.25, 0.3) is 0 Å².